The van der Waals surface area contributed by atoms with E-state index in [9.17, 15) is 14.4 Å². The molecule has 0 atom stereocenters. The van der Waals surface area contributed by atoms with Gasteiger partial charge in [0.05, 0.1) is 11.6 Å². The van der Waals surface area contributed by atoms with Crippen LogP contribution in [0, 0.1) is 24.1 Å². The first kappa shape index (κ1) is 18.3. The van der Waals surface area contributed by atoms with Gasteiger partial charge in [-0.25, -0.2) is 4.39 Å². The van der Waals surface area contributed by atoms with Gasteiger partial charge in [0, 0.05) is 42.4 Å². The molecule has 4 nitrogen and oxygen atoms in total. The number of halogens is 1. The molecule has 0 aliphatic carbocycles. The monoisotopic (exact) mass is 369 g/mol. The number of benzene rings is 2. The lowest BCUT2D eigenvalue weighted by Crippen LogP contribution is -2.38. The Hall–Kier alpha value is -2.52. The summed E-state index contributed by atoms with van der Waals surface area (Å²) in [4.78, 5) is 14.7. The molecule has 134 valence electrons. The molecule has 1 aliphatic heterocycles. The molecule has 0 saturated carbocycles. The van der Waals surface area contributed by atoms with E-state index >= 15 is 0 Å². The lowest BCUT2D eigenvalue weighted by molar-refractivity contribution is 0.0771. The van der Waals surface area contributed by atoms with Crippen LogP contribution in [-0.2, 0) is 6.54 Å². The molecule has 0 bridgehead atoms. The van der Waals surface area contributed by atoms with E-state index in [1.165, 1.54) is 18.2 Å². The minimum Gasteiger partial charge on any atom is -0.381 e. The highest BCUT2D eigenvalue weighted by Gasteiger charge is 2.20. The number of nitrogens with one attached hydrogen (secondary N) is 1. The van der Waals surface area contributed by atoms with Crippen LogP contribution >= 0.6 is 11.8 Å². The summed E-state index contributed by atoms with van der Waals surface area (Å²) in [7, 11) is 0. The maximum atomic E-state index is 13.5. The van der Waals surface area contributed by atoms with Crippen molar-refractivity contribution < 1.29 is 9.18 Å². The summed E-state index contributed by atoms with van der Waals surface area (Å²) in [6.45, 7) is 3.77. The van der Waals surface area contributed by atoms with Crippen molar-refractivity contribution in [1.29, 1.82) is 5.26 Å². The van der Waals surface area contributed by atoms with E-state index in [0.29, 0.717) is 23.2 Å². The third-order valence-electron chi connectivity index (χ3n) is 4.52. The number of hydrogen-bond acceptors (Lipinski definition) is 4. The molecular weight excluding hydrogens is 349 g/mol. The van der Waals surface area contributed by atoms with Crippen LogP contribution in [0.15, 0.2) is 36.4 Å². The third-order valence-corrected chi connectivity index (χ3v) is 5.46. The Kier molecular flexibility index (Phi) is 5.79. The van der Waals surface area contributed by atoms with E-state index in [2.05, 4.69) is 11.4 Å². The Morgan fingerprint density at radius 1 is 1.31 bits per heavy atom. The molecule has 6 heteroatoms. The Labute approximate surface area is 157 Å². The lowest BCUT2D eigenvalue weighted by Gasteiger charge is -2.27. The van der Waals surface area contributed by atoms with Crippen LogP contribution in [0.1, 0.15) is 27.0 Å². The molecule has 0 radical (unpaired) electrons. The number of amides is 1. The molecule has 1 saturated heterocycles. The molecular formula is C20H20FN3OS. The number of carbonyl (C=O) groups is 1. The quantitative estimate of drug-likeness (QED) is 0.890. The van der Waals surface area contributed by atoms with Gasteiger partial charge in [0.2, 0.25) is 0 Å². The highest BCUT2D eigenvalue weighted by molar-refractivity contribution is 7.99. The summed E-state index contributed by atoms with van der Waals surface area (Å²) >= 11 is 1.87. The highest BCUT2D eigenvalue weighted by Crippen LogP contribution is 2.23. The van der Waals surface area contributed by atoms with Crippen molar-refractivity contribution in [2.45, 2.75) is 13.5 Å². The molecule has 1 N–H and O–H groups in total. The van der Waals surface area contributed by atoms with Gasteiger partial charge in [0.25, 0.3) is 5.91 Å². The van der Waals surface area contributed by atoms with Gasteiger partial charge in [-0.3, -0.25) is 4.79 Å². The number of rotatable bonds is 4. The van der Waals surface area contributed by atoms with Crippen LogP contribution in [0.3, 0.4) is 0 Å². The standard InChI is InChI=1S/C20H20FN3OS/c1-14-18(20(25)24-7-9-26-10-8-24)3-2-4-19(14)23-13-16-11-17(21)6-5-15(16)12-22/h2-6,11,23H,7-10,13H2,1H3. The predicted molar refractivity (Wildman–Crippen MR) is 103 cm³/mol. The first-order valence-corrected chi connectivity index (χ1v) is 9.64. The lowest BCUT2D eigenvalue weighted by atomic mass is 10.0. The zero-order chi connectivity index (χ0) is 18.5. The molecule has 2 aromatic carbocycles. The van der Waals surface area contributed by atoms with E-state index in [0.717, 1.165) is 35.8 Å². The fourth-order valence-electron chi connectivity index (χ4n) is 3.00. The van der Waals surface area contributed by atoms with Crippen LogP contribution in [0.4, 0.5) is 10.1 Å². The summed E-state index contributed by atoms with van der Waals surface area (Å²) < 4.78 is 13.5. The van der Waals surface area contributed by atoms with Gasteiger partial charge in [0.1, 0.15) is 5.82 Å². The smallest absolute Gasteiger partial charge is 0.254 e. The van der Waals surface area contributed by atoms with E-state index in [1.807, 2.05) is 41.8 Å². The SMILES string of the molecule is Cc1c(NCc2cc(F)ccc2C#N)cccc1C(=O)N1CCSCC1. The first-order valence-electron chi connectivity index (χ1n) is 8.49. The van der Waals surface area contributed by atoms with Gasteiger partial charge >= 0.3 is 0 Å². The molecule has 3 rings (SSSR count). The average molecular weight is 369 g/mol. The maximum absolute atomic E-state index is 13.5. The minimum atomic E-state index is -0.371. The third kappa shape index (κ3) is 4.00. The fraction of sp³-hybridized carbons (Fsp3) is 0.300. The number of nitriles is 1. The second kappa shape index (κ2) is 8.24. The van der Waals surface area contributed by atoms with E-state index < -0.39 is 0 Å². The average Bonchev–Trinajstić information content (AvgIpc) is 2.67. The summed E-state index contributed by atoms with van der Waals surface area (Å²) in [5.74, 6) is 1.62. The summed E-state index contributed by atoms with van der Waals surface area (Å²) in [6, 6.07) is 11.8. The molecule has 26 heavy (non-hydrogen) atoms. The highest BCUT2D eigenvalue weighted by atomic mass is 32.2. The molecule has 2 aromatic rings. The minimum absolute atomic E-state index is 0.0509. The van der Waals surface area contributed by atoms with Crippen molar-refractivity contribution in [3.05, 3.63) is 64.5 Å². The van der Waals surface area contributed by atoms with Gasteiger partial charge in [-0.15, -0.1) is 0 Å². The largest absolute Gasteiger partial charge is 0.381 e. The number of anilines is 1. The second-order valence-electron chi connectivity index (χ2n) is 6.15. The van der Waals surface area contributed by atoms with Crippen LogP contribution in [0.25, 0.3) is 0 Å². The van der Waals surface area contributed by atoms with Crippen molar-refractivity contribution in [3.63, 3.8) is 0 Å². The number of nitrogens with zero attached hydrogens (tertiary/aromatic N) is 2. The first-order chi connectivity index (χ1) is 12.6. The van der Waals surface area contributed by atoms with Crippen LogP contribution in [0.5, 0.6) is 0 Å². The fourth-order valence-corrected chi connectivity index (χ4v) is 3.91. The zero-order valence-electron chi connectivity index (χ0n) is 14.6. The molecule has 1 aliphatic rings. The molecule has 1 amide bonds. The van der Waals surface area contributed by atoms with E-state index in [-0.39, 0.29) is 11.7 Å². The van der Waals surface area contributed by atoms with Crippen LogP contribution < -0.4 is 5.32 Å². The van der Waals surface area contributed by atoms with Crippen LogP contribution in [-0.4, -0.2) is 35.4 Å². The number of carbonyl (C=O) groups excluding carboxylic acids is 1. The number of hydrogen-bond donors (Lipinski definition) is 1. The van der Waals surface area contributed by atoms with Crippen LogP contribution in [0.2, 0.25) is 0 Å². The van der Waals surface area contributed by atoms with Crippen molar-refractivity contribution in [1.82, 2.24) is 4.90 Å². The molecule has 0 unspecified atom stereocenters. The Bertz CT molecular complexity index is 857. The van der Waals surface area contributed by atoms with E-state index in [4.69, 9.17) is 0 Å². The second-order valence-corrected chi connectivity index (χ2v) is 7.37. The molecule has 0 aromatic heterocycles. The van der Waals surface area contributed by atoms with Crippen molar-refractivity contribution in [2.24, 2.45) is 0 Å². The summed E-state index contributed by atoms with van der Waals surface area (Å²) in [6.07, 6.45) is 0. The topological polar surface area (TPSA) is 56.1 Å². The summed E-state index contributed by atoms with van der Waals surface area (Å²) in [5, 5.41) is 12.4. The zero-order valence-corrected chi connectivity index (χ0v) is 15.4. The Balaban J connectivity index is 1.78. The molecule has 1 heterocycles. The molecule has 0 spiro atoms. The van der Waals surface area contributed by atoms with Crippen molar-refractivity contribution in [3.8, 4) is 6.07 Å². The number of thioether (sulfide) groups is 1. The Morgan fingerprint density at radius 2 is 2.08 bits per heavy atom. The van der Waals surface area contributed by atoms with Gasteiger partial charge in [-0.2, -0.15) is 17.0 Å². The van der Waals surface area contributed by atoms with Crippen molar-refractivity contribution >= 4 is 23.4 Å². The Morgan fingerprint density at radius 3 is 2.81 bits per heavy atom. The van der Waals surface area contributed by atoms with Gasteiger partial charge in [0.15, 0.2) is 0 Å². The van der Waals surface area contributed by atoms with E-state index in [1.54, 1.807) is 0 Å². The summed E-state index contributed by atoms with van der Waals surface area (Å²) in [5.41, 5.74) is 3.40. The van der Waals surface area contributed by atoms with Gasteiger partial charge in [-0.05, 0) is 48.4 Å². The normalized spacial score (nSPS) is 14.0. The maximum Gasteiger partial charge on any atom is 0.254 e. The van der Waals surface area contributed by atoms with Crippen molar-refractivity contribution in [2.75, 3.05) is 29.9 Å². The molecule has 1 fully saturated rings. The van der Waals surface area contributed by atoms with Gasteiger partial charge in [-0.1, -0.05) is 6.07 Å². The van der Waals surface area contributed by atoms with Gasteiger partial charge < -0.3 is 10.2 Å². The predicted octanol–water partition coefficient (Wildman–Crippen LogP) is 3.81.